The molecule has 1 N–H and O–H groups in total. The summed E-state index contributed by atoms with van der Waals surface area (Å²) in [6.07, 6.45) is 1.49. The first-order valence-electron chi connectivity index (χ1n) is 7.29. The van der Waals surface area contributed by atoms with Gasteiger partial charge >= 0.3 is 0 Å². The molecule has 122 valence electrons. The van der Waals surface area contributed by atoms with E-state index in [-0.39, 0.29) is 5.57 Å². The van der Waals surface area contributed by atoms with Crippen molar-refractivity contribution < 1.29 is 14.3 Å². The van der Waals surface area contributed by atoms with Gasteiger partial charge in [0.1, 0.15) is 23.1 Å². The summed E-state index contributed by atoms with van der Waals surface area (Å²) in [4.78, 5) is 12.3. The molecule has 0 saturated heterocycles. The van der Waals surface area contributed by atoms with Crippen LogP contribution in [0.15, 0.2) is 48.0 Å². The molecule has 0 atom stereocenters. The van der Waals surface area contributed by atoms with Gasteiger partial charge in [-0.1, -0.05) is 12.1 Å². The normalized spacial score (nSPS) is 10.7. The van der Waals surface area contributed by atoms with Crippen LogP contribution in [0.2, 0.25) is 0 Å². The molecular formula is C19H18N2O3. The Bertz CT molecular complexity index is 820. The first kappa shape index (κ1) is 17.1. The Hall–Kier alpha value is -3.26. The monoisotopic (exact) mass is 322 g/mol. The van der Waals surface area contributed by atoms with Gasteiger partial charge in [0.05, 0.1) is 14.2 Å². The van der Waals surface area contributed by atoms with Crippen LogP contribution in [0, 0.1) is 18.3 Å². The third kappa shape index (κ3) is 4.14. The van der Waals surface area contributed by atoms with Crippen molar-refractivity contribution in [3.05, 3.63) is 59.2 Å². The number of anilines is 1. The molecule has 0 aliphatic carbocycles. The van der Waals surface area contributed by atoms with Crippen molar-refractivity contribution in [3.8, 4) is 17.6 Å². The molecule has 0 aromatic heterocycles. The predicted molar refractivity (Wildman–Crippen MR) is 92.9 cm³/mol. The number of methoxy groups -OCH3 is 2. The van der Waals surface area contributed by atoms with Crippen molar-refractivity contribution in [3.63, 3.8) is 0 Å². The Balaban J connectivity index is 2.29. The molecule has 0 radical (unpaired) electrons. The molecule has 0 heterocycles. The molecule has 5 nitrogen and oxygen atoms in total. The number of carbonyl (C=O) groups excluding carboxylic acids is 1. The van der Waals surface area contributed by atoms with Crippen LogP contribution < -0.4 is 14.8 Å². The van der Waals surface area contributed by atoms with Gasteiger partial charge in [0.25, 0.3) is 5.91 Å². The second-order valence-electron chi connectivity index (χ2n) is 5.10. The van der Waals surface area contributed by atoms with Gasteiger partial charge in [-0.15, -0.1) is 0 Å². The Morgan fingerprint density at radius 2 is 1.96 bits per heavy atom. The van der Waals surface area contributed by atoms with E-state index in [4.69, 9.17) is 9.47 Å². The minimum atomic E-state index is -0.471. The highest BCUT2D eigenvalue weighted by Crippen LogP contribution is 2.26. The topological polar surface area (TPSA) is 71.3 Å². The molecule has 0 fully saturated rings. The summed E-state index contributed by atoms with van der Waals surface area (Å²) in [5, 5.41) is 12.0. The van der Waals surface area contributed by atoms with Crippen LogP contribution in [0.3, 0.4) is 0 Å². The van der Waals surface area contributed by atoms with Crippen molar-refractivity contribution in [2.75, 3.05) is 19.5 Å². The summed E-state index contributed by atoms with van der Waals surface area (Å²) in [7, 11) is 3.07. The Morgan fingerprint density at radius 3 is 2.58 bits per heavy atom. The van der Waals surface area contributed by atoms with Crippen LogP contribution in [0.25, 0.3) is 6.08 Å². The van der Waals surface area contributed by atoms with Gasteiger partial charge in [-0.3, -0.25) is 4.79 Å². The smallest absolute Gasteiger partial charge is 0.266 e. The lowest BCUT2D eigenvalue weighted by molar-refractivity contribution is -0.112. The zero-order valence-electron chi connectivity index (χ0n) is 13.8. The van der Waals surface area contributed by atoms with Gasteiger partial charge < -0.3 is 14.8 Å². The third-order valence-corrected chi connectivity index (χ3v) is 3.38. The zero-order valence-corrected chi connectivity index (χ0v) is 13.8. The summed E-state index contributed by atoms with van der Waals surface area (Å²) < 4.78 is 10.4. The van der Waals surface area contributed by atoms with Gasteiger partial charge in [-0.25, -0.2) is 0 Å². The minimum Gasteiger partial charge on any atom is -0.497 e. The number of benzene rings is 2. The van der Waals surface area contributed by atoms with Crippen LogP contribution in [0.1, 0.15) is 11.1 Å². The lowest BCUT2D eigenvalue weighted by Crippen LogP contribution is -2.13. The fourth-order valence-corrected chi connectivity index (χ4v) is 2.16. The van der Waals surface area contributed by atoms with Crippen molar-refractivity contribution in [2.24, 2.45) is 0 Å². The lowest BCUT2D eigenvalue weighted by Gasteiger charge is -2.08. The molecule has 0 spiro atoms. The van der Waals surface area contributed by atoms with Gasteiger partial charge in [0.2, 0.25) is 0 Å². The molecule has 1 amide bonds. The average molecular weight is 322 g/mol. The Kier molecular flexibility index (Phi) is 5.58. The van der Waals surface area contributed by atoms with E-state index in [0.29, 0.717) is 22.7 Å². The molecular weight excluding hydrogens is 304 g/mol. The zero-order chi connectivity index (χ0) is 17.5. The maximum atomic E-state index is 12.3. The summed E-state index contributed by atoms with van der Waals surface area (Å²) >= 11 is 0. The summed E-state index contributed by atoms with van der Waals surface area (Å²) in [5.41, 5.74) is 2.27. The van der Waals surface area contributed by atoms with E-state index in [1.807, 2.05) is 31.2 Å². The van der Waals surface area contributed by atoms with Gasteiger partial charge in [0, 0.05) is 17.3 Å². The summed E-state index contributed by atoms with van der Waals surface area (Å²) in [6.45, 7) is 1.93. The van der Waals surface area contributed by atoms with E-state index in [2.05, 4.69) is 5.32 Å². The number of carbonyl (C=O) groups is 1. The van der Waals surface area contributed by atoms with Crippen molar-refractivity contribution in [1.82, 2.24) is 0 Å². The average Bonchev–Trinajstić information content (AvgIpc) is 2.59. The number of hydrogen-bond donors (Lipinski definition) is 1. The number of nitriles is 1. The molecule has 2 aromatic carbocycles. The van der Waals surface area contributed by atoms with E-state index in [1.165, 1.54) is 13.2 Å². The lowest BCUT2D eigenvalue weighted by atomic mass is 10.1. The van der Waals surface area contributed by atoms with E-state index in [0.717, 1.165) is 5.56 Å². The maximum absolute atomic E-state index is 12.3. The highest BCUT2D eigenvalue weighted by atomic mass is 16.5. The second kappa shape index (κ2) is 7.84. The van der Waals surface area contributed by atoms with Crippen molar-refractivity contribution >= 4 is 17.7 Å². The summed E-state index contributed by atoms with van der Waals surface area (Å²) in [6, 6.07) is 14.5. The largest absolute Gasteiger partial charge is 0.497 e. The molecule has 24 heavy (non-hydrogen) atoms. The number of hydrogen-bond acceptors (Lipinski definition) is 4. The van der Waals surface area contributed by atoms with Crippen LogP contribution in [-0.2, 0) is 4.79 Å². The first-order valence-corrected chi connectivity index (χ1v) is 7.29. The molecule has 2 rings (SSSR count). The molecule has 0 aliphatic rings. The SMILES string of the molecule is COc1ccc(C=C(C#N)C(=O)Nc2cccc(C)c2)c(OC)c1. The van der Waals surface area contributed by atoms with Crippen LogP contribution >= 0.6 is 0 Å². The number of ether oxygens (including phenoxy) is 2. The van der Waals surface area contributed by atoms with Gasteiger partial charge in [-0.05, 0) is 42.8 Å². The summed E-state index contributed by atoms with van der Waals surface area (Å²) in [5.74, 6) is 0.679. The van der Waals surface area contributed by atoms with E-state index in [9.17, 15) is 10.1 Å². The molecule has 5 heteroatoms. The molecule has 0 unspecified atom stereocenters. The highest BCUT2D eigenvalue weighted by molar-refractivity contribution is 6.09. The quantitative estimate of drug-likeness (QED) is 0.675. The Labute approximate surface area is 141 Å². The minimum absolute atomic E-state index is 0.0139. The van der Waals surface area contributed by atoms with Crippen LogP contribution in [0.5, 0.6) is 11.5 Å². The molecule has 2 aromatic rings. The fourth-order valence-electron chi connectivity index (χ4n) is 2.16. The second-order valence-corrected chi connectivity index (χ2v) is 5.10. The predicted octanol–water partition coefficient (Wildman–Crippen LogP) is 3.56. The maximum Gasteiger partial charge on any atom is 0.266 e. The third-order valence-electron chi connectivity index (χ3n) is 3.38. The van der Waals surface area contributed by atoms with Crippen LogP contribution in [-0.4, -0.2) is 20.1 Å². The fraction of sp³-hybridized carbons (Fsp3) is 0.158. The number of nitrogens with one attached hydrogen (secondary N) is 1. The molecule has 0 aliphatic heterocycles. The van der Waals surface area contributed by atoms with E-state index in [1.54, 1.807) is 31.4 Å². The first-order chi connectivity index (χ1) is 11.6. The van der Waals surface area contributed by atoms with Crippen LogP contribution in [0.4, 0.5) is 5.69 Å². The van der Waals surface area contributed by atoms with Crippen molar-refractivity contribution in [1.29, 1.82) is 5.26 Å². The van der Waals surface area contributed by atoms with Gasteiger partial charge in [0.15, 0.2) is 0 Å². The van der Waals surface area contributed by atoms with Crippen molar-refractivity contribution in [2.45, 2.75) is 6.92 Å². The standard InChI is InChI=1S/C19H18N2O3/c1-13-5-4-6-16(9-13)21-19(22)15(12-20)10-14-7-8-17(23-2)11-18(14)24-3/h4-11H,1-3H3,(H,21,22). The number of amides is 1. The van der Waals surface area contributed by atoms with E-state index < -0.39 is 5.91 Å². The number of nitrogens with zero attached hydrogens (tertiary/aromatic N) is 1. The number of rotatable bonds is 5. The number of aryl methyl sites for hydroxylation is 1. The van der Waals surface area contributed by atoms with Gasteiger partial charge in [-0.2, -0.15) is 5.26 Å². The Morgan fingerprint density at radius 1 is 1.17 bits per heavy atom. The highest BCUT2D eigenvalue weighted by Gasteiger charge is 2.12. The van der Waals surface area contributed by atoms with E-state index >= 15 is 0 Å². The molecule has 0 saturated carbocycles. The molecule has 0 bridgehead atoms.